The molecule has 1 amide bonds. The molecule has 0 aliphatic carbocycles. The molecule has 1 saturated heterocycles. The molecule has 1 aliphatic heterocycles. The number of hydrogen-bond acceptors (Lipinski definition) is 3. The standard InChI is InChI=1S/C11H12N2O2/c12-9-3-1-2-8(6-9)4-5-10-7-15-11(14)13-10/h1-6,10H,7,12H2,(H,13,14)/b5-4+/t10-/m0/s1. The van der Waals surface area contributed by atoms with Gasteiger partial charge in [0.05, 0.1) is 6.04 Å². The van der Waals surface area contributed by atoms with Crippen molar-refractivity contribution >= 4 is 17.9 Å². The summed E-state index contributed by atoms with van der Waals surface area (Å²) in [7, 11) is 0. The van der Waals surface area contributed by atoms with Crippen molar-refractivity contribution in [1.82, 2.24) is 5.32 Å². The maximum Gasteiger partial charge on any atom is 0.407 e. The molecule has 2 rings (SSSR count). The lowest BCUT2D eigenvalue weighted by Crippen LogP contribution is -2.23. The number of nitrogens with one attached hydrogen (secondary N) is 1. The van der Waals surface area contributed by atoms with E-state index in [1.807, 2.05) is 36.4 Å². The summed E-state index contributed by atoms with van der Waals surface area (Å²) < 4.78 is 4.75. The van der Waals surface area contributed by atoms with E-state index < -0.39 is 0 Å². The fraction of sp³-hybridized carbons (Fsp3) is 0.182. The summed E-state index contributed by atoms with van der Waals surface area (Å²) in [5, 5.41) is 2.66. The van der Waals surface area contributed by atoms with Crippen LogP contribution in [0.3, 0.4) is 0 Å². The van der Waals surface area contributed by atoms with Gasteiger partial charge >= 0.3 is 6.09 Å². The molecule has 3 N–H and O–H groups in total. The van der Waals surface area contributed by atoms with Crippen molar-refractivity contribution in [2.75, 3.05) is 12.3 Å². The van der Waals surface area contributed by atoms with Gasteiger partial charge < -0.3 is 15.8 Å². The van der Waals surface area contributed by atoms with Crippen LogP contribution >= 0.6 is 0 Å². The first-order valence-electron chi connectivity index (χ1n) is 4.71. The van der Waals surface area contributed by atoms with E-state index >= 15 is 0 Å². The smallest absolute Gasteiger partial charge is 0.407 e. The number of hydrogen-bond donors (Lipinski definition) is 2. The summed E-state index contributed by atoms with van der Waals surface area (Å²) >= 11 is 0. The second kappa shape index (κ2) is 4.04. The minimum absolute atomic E-state index is 0.0427. The van der Waals surface area contributed by atoms with Gasteiger partial charge in [0, 0.05) is 5.69 Å². The van der Waals surface area contributed by atoms with Gasteiger partial charge in [-0.15, -0.1) is 0 Å². The molecule has 15 heavy (non-hydrogen) atoms. The van der Waals surface area contributed by atoms with E-state index in [2.05, 4.69) is 5.32 Å². The number of nitrogen functional groups attached to an aromatic ring is 1. The number of benzene rings is 1. The fourth-order valence-corrected chi connectivity index (χ4v) is 1.39. The highest BCUT2D eigenvalue weighted by molar-refractivity contribution is 5.70. The highest BCUT2D eigenvalue weighted by atomic mass is 16.6. The number of carbonyl (C=O) groups excluding carboxylic acids is 1. The molecule has 0 radical (unpaired) electrons. The monoisotopic (exact) mass is 204 g/mol. The molecule has 1 fully saturated rings. The van der Waals surface area contributed by atoms with Crippen LogP contribution in [0.5, 0.6) is 0 Å². The van der Waals surface area contributed by atoms with Crippen molar-refractivity contribution in [2.24, 2.45) is 0 Å². The van der Waals surface area contributed by atoms with E-state index in [1.54, 1.807) is 0 Å². The van der Waals surface area contributed by atoms with E-state index in [-0.39, 0.29) is 12.1 Å². The average Bonchev–Trinajstić information content (AvgIpc) is 2.62. The fourth-order valence-electron chi connectivity index (χ4n) is 1.39. The van der Waals surface area contributed by atoms with Crippen LogP contribution in [0, 0.1) is 0 Å². The quantitative estimate of drug-likeness (QED) is 0.715. The molecular formula is C11H12N2O2. The summed E-state index contributed by atoms with van der Waals surface area (Å²) in [6, 6.07) is 7.49. The third kappa shape index (κ3) is 2.49. The van der Waals surface area contributed by atoms with Gasteiger partial charge in [-0.2, -0.15) is 0 Å². The van der Waals surface area contributed by atoms with Crippen LogP contribution in [-0.4, -0.2) is 18.7 Å². The number of cyclic esters (lactones) is 1. The van der Waals surface area contributed by atoms with Crippen LogP contribution in [0.1, 0.15) is 5.56 Å². The molecule has 0 bridgehead atoms. The molecule has 78 valence electrons. The van der Waals surface area contributed by atoms with Crippen LogP contribution in [0.4, 0.5) is 10.5 Å². The zero-order valence-corrected chi connectivity index (χ0v) is 8.14. The summed E-state index contributed by atoms with van der Waals surface area (Å²) in [4.78, 5) is 10.7. The predicted molar refractivity (Wildman–Crippen MR) is 58.2 cm³/mol. The maximum atomic E-state index is 10.7. The Hall–Kier alpha value is -1.97. The van der Waals surface area contributed by atoms with Gasteiger partial charge in [0.1, 0.15) is 6.61 Å². The normalized spacial score (nSPS) is 20.3. The zero-order chi connectivity index (χ0) is 10.7. The van der Waals surface area contributed by atoms with Crippen molar-refractivity contribution in [1.29, 1.82) is 0 Å². The lowest BCUT2D eigenvalue weighted by molar-refractivity contribution is 0.177. The highest BCUT2D eigenvalue weighted by Gasteiger charge is 2.18. The number of nitrogens with two attached hydrogens (primary N) is 1. The van der Waals surface area contributed by atoms with Crippen molar-refractivity contribution in [3.63, 3.8) is 0 Å². The Morgan fingerprint density at radius 1 is 1.53 bits per heavy atom. The molecule has 1 aliphatic rings. The molecule has 1 aromatic carbocycles. The summed E-state index contributed by atoms with van der Waals surface area (Å²) in [5.41, 5.74) is 7.37. The number of anilines is 1. The molecule has 1 aromatic rings. The maximum absolute atomic E-state index is 10.7. The van der Waals surface area contributed by atoms with Gasteiger partial charge in [-0.05, 0) is 17.7 Å². The van der Waals surface area contributed by atoms with Crippen molar-refractivity contribution in [3.05, 3.63) is 35.9 Å². The Kier molecular flexibility index (Phi) is 2.58. The van der Waals surface area contributed by atoms with E-state index in [0.717, 1.165) is 11.3 Å². The number of carbonyl (C=O) groups is 1. The van der Waals surface area contributed by atoms with Gasteiger partial charge in [0.15, 0.2) is 0 Å². The van der Waals surface area contributed by atoms with Crippen molar-refractivity contribution in [3.8, 4) is 0 Å². The molecule has 4 heteroatoms. The number of ether oxygens (including phenoxy) is 1. The first-order valence-corrected chi connectivity index (χ1v) is 4.71. The van der Waals surface area contributed by atoms with Crippen molar-refractivity contribution < 1.29 is 9.53 Å². The summed E-state index contributed by atoms with van der Waals surface area (Å²) in [6.07, 6.45) is 3.44. The van der Waals surface area contributed by atoms with Gasteiger partial charge in [-0.1, -0.05) is 24.3 Å². The number of alkyl carbamates (subject to hydrolysis) is 1. The minimum atomic E-state index is -0.364. The van der Waals surface area contributed by atoms with Gasteiger partial charge in [-0.25, -0.2) is 4.79 Å². The van der Waals surface area contributed by atoms with Gasteiger partial charge in [-0.3, -0.25) is 0 Å². The van der Waals surface area contributed by atoms with E-state index in [4.69, 9.17) is 10.5 Å². The Morgan fingerprint density at radius 2 is 2.40 bits per heavy atom. The molecule has 0 saturated carbocycles. The van der Waals surface area contributed by atoms with E-state index in [1.165, 1.54) is 0 Å². The number of amides is 1. The second-order valence-corrected chi connectivity index (χ2v) is 3.38. The topological polar surface area (TPSA) is 64.3 Å². The Balaban J connectivity index is 2.02. The first-order chi connectivity index (χ1) is 7.24. The third-order valence-electron chi connectivity index (χ3n) is 2.13. The Bertz CT molecular complexity index is 401. The molecule has 1 heterocycles. The van der Waals surface area contributed by atoms with Crippen molar-refractivity contribution in [2.45, 2.75) is 6.04 Å². The zero-order valence-electron chi connectivity index (χ0n) is 8.14. The molecular weight excluding hydrogens is 192 g/mol. The van der Waals surface area contributed by atoms with Crippen LogP contribution in [-0.2, 0) is 4.74 Å². The molecule has 0 aromatic heterocycles. The molecule has 0 spiro atoms. The third-order valence-corrected chi connectivity index (χ3v) is 2.13. The van der Waals surface area contributed by atoms with Crippen LogP contribution in [0.2, 0.25) is 0 Å². The largest absolute Gasteiger partial charge is 0.447 e. The SMILES string of the molecule is Nc1cccc(/C=C/[C@H]2COC(=O)N2)c1. The Morgan fingerprint density at radius 3 is 3.07 bits per heavy atom. The Labute approximate surface area is 87.7 Å². The average molecular weight is 204 g/mol. The van der Waals surface area contributed by atoms with Gasteiger partial charge in [0.25, 0.3) is 0 Å². The van der Waals surface area contributed by atoms with E-state index in [0.29, 0.717) is 6.61 Å². The van der Waals surface area contributed by atoms with Gasteiger partial charge in [0.2, 0.25) is 0 Å². The molecule has 4 nitrogen and oxygen atoms in total. The van der Waals surface area contributed by atoms with E-state index in [9.17, 15) is 4.79 Å². The van der Waals surface area contributed by atoms with Crippen LogP contribution in [0.25, 0.3) is 6.08 Å². The van der Waals surface area contributed by atoms with Crippen LogP contribution < -0.4 is 11.1 Å². The molecule has 0 unspecified atom stereocenters. The van der Waals surface area contributed by atoms with Crippen LogP contribution in [0.15, 0.2) is 30.3 Å². The highest BCUT2D eigenvalue weighted by Crippen LogP contribution is 2.09. The summed E-state index contributed by atoms with van der Waals surface area (Å²) in [6.45, 7) is 0.387. The summed E-state index contributed by atoms with van der Waals surface area (Å²) in [5.74, 6) is 0. The first kappa shape index (κ1) is 9.58. The predicted octanol–water partition coefficient (Wildman–Crippen LogP) is 1.39. The number of rotatable bonds is 2. The lowest BCUT2D eigenvalue weighted by atomic mass is 10.1. The minimum Gasteiger partial charge on any atom is -0.447 e. The lowest BCUT2D eigenvalue weighted by Gasteiger charge is -1.99. The second-order valence-electron chi connectivity index (χ2n) is 3.38. The molecule has 1 atom stereocenters.